The van der Waals surface area contributed by atoms with Crippen LogP contribution in [0.1, 0.15) is 10.4 Å². The number of nitrogens with zero attached hydrogens (tertiary/aromatic N) is 2. The van der Waals surface area contributed by atoms with Crippen LogP contribution in [0.3, 0.4) is 0 Å². The predicted octanol–water partition coefficient (Wildman–Crippen LogP) is 0.328. The summed E-state index contributed by atoms with van der Waals surface area (Å²) < 4.78 is 11.2. The van der Waals surface area contributed by atoms with Gasteiger partial charge in [0.25, 0.3) is 5.91 Å². The van der Waals surface area contributed by atoms with Crippen molar-refractivity contribution in [2.75, 3.05) is 37.0 Å². The Morgan fingerprint density at radius 1 is 1.47 bits per heavy atom. The lowest BCUT2D eigenvalue weighted by Crippen LogP contribution is -2.42. The smallest absolute Gasteiger partial charge is 0.256 e. The second kappa shape index (κ2) is 5.27. The second-order valence-corrected chi connectivity index (χ2v) is 5.51. The summed E-state index contributed by atoms with van der Waals surface area (Å²) in [4.78, 5) is 18.0. The lowest BCUT2D eigenvalue weighted by atomic mass is 10.2. The summed E-state index contributed by atoms with van der Waals surface area (Å²) in [6, 6.07) is 1.71. The average molecular weight is 253 g/mol. The van der Waals surface area contributed by atoms with Gasteiger partial charge in [-0.1, -0.05) is 0 Å². The largest absolute Gasteiger partial charge is 0.386 e. The Hall–Kier alpha value is -1.43. The van der Waals surface area contributed by atoms with Gasteiger partial charge in [0, 0.05) is 48.6 Å². The van der Waals surface area contributed by atoms with Crippen molar-refractivity contribution in [2.45, 2.75) is 0 Å². The third kappa shape index (κ3) is 2.63. The van der Waals surface area contributed by atoms with E-state index in [0.717, 1.165) is 5.69 Å². The molecular weight excluding hydrogens is 238 g/mol. The number of aromatic nitrogens is 1. The highest BCUT2D eigenvalue weighted by atomic mass is 32.2. The minimum absolute atomic E-state index is 0.0200. The van der Waals surface area contributed by atoms with E-state index in [0.29, 0.717) is 30.2 Å². The molecule has 2 rings (SSSR count). The molecule has 1 aliphatic rings. The van der Waals surface area contributed by atoms with Crippen LogP contribution in [-0.4, -0.2) is 51.6 Å². The fourth-order valence-corrected chi connectivity index (χ4v) is 2.84. The fourth-order valence-electron chi connectivity index (χ4n) is 1.79. The lowest BCUT2D eigenvalue weighted by Gasteiger charge is -2.27. The molecule has 2 heterocycles. The maximum absolute atomic E-state index is 12.2. The van der Waals surface area contributed by atoms with Gasteiger partial charge in [0.05, 0.1) is 17.4 Å². The van der Waals surface area contributed by atoms with E-state index >= 15 is 0 Å². The Morgan fingerprint density at radius 2 is 2.18 bits per heavy atom. The summed E-state index contributed by atoms with van der Waals surface area (Å²) in [7, 11) is 1.00. The van der Waals surface area contributed by atoms with Crippen LogP contribution in [0.2, 0.25) is 0 Å². The first-order valence-electron chi connectivity index (χ1n) is 5.48. The molecule has 1 N–H and O–H groups in total. The van der Waals surface area contributed by atoms with Gasteiger partial charge in [-0.2, -0.15) is 0 Å². The molecule has 0 aliphatic carbocycles. The van der Waals surface area contributed by atoms with Crippen molar-refractivity contribution in [1.82, 2.24) is 9.88 Å². The molecule has 6 heteroatoms. The highest BCUT2D eigenvalue weighted by molar-refractivity contribution is 7.85. The topological polar surface area (TPSA) is 62.3 Å². The zero-order chi connectivity index (χ0) is 12.3. The van der Waals surface area contributed by atoms with Gasteiger partial charge in [0.15, 0.2) is 0 Å². The molecule has 17 heavy (non-hydrogen) atoms. The van der Waals surface area contributed by atoms with Crippen molar-refractivity contribution in [3.8, 4) is 0 Å². The van der Waals surface area contributed by atoms with Crippen molar-refractivity contribution in [1.29, 1.82) is 0 Å². The van der Waals surface area contributed by atoms with Crippen molar-refractivity contribution in [2.24, 2.45) is 0 Å². The number of hydrogen-bond donors (Lipinski definition) is 1. The van der Waals surface area contributed by atoms with Crippen molar-refractivity contribution in [3.05, 3.63) is 24.0 Å². The maximum atomic E-state index is 12.2. The standard InChI is InChI=1S/C11H15N3O2S/c1-12-10-8-13-3-2-9(10)11(15)14-4-6-17(16)7-5-14/h2-3,8,12H,4-7H2,1H3. The highest BCUT2D eigenvalue weighted by Crippen LogP contribution is 2.16. The minimum atomic E-state index is -0.763. The summed E-state index contributed by atoms with van der Waals surface area (Å²) in [5.74, 6) is 1.13. The molecule has 1 aliphatic heterocycles. The second-order valence-electron chi connectivity index (χ2n) is 3.81. The van der Waals surface area contributed by atoms with Crippen molar-refractivity contribution < 1.29 is 9.00 Å². The van der Waals surface area contributed by atoms with Crippen molar-refractivity contribution >= 4 is 22.4 Å². The van der Waals surface area contributed by atoms with Gasteiger partial charge in [0.2, 0.25) is 0 Å². The van der Waals surface area contributed by atoms with Crippen LogP contribution in [-0.2, 0) is 10.8 Å². The number of anilines is 1. The van der Waals surface area contributed by atoms with Crippen LogP contribution in [0.25, 0.3) is 0 Å². The SMILES string of the molecule is CNc1cnccc1C(=O)N1CCS(=O)CC1. The molecule has 1 aromatic rings. The predicted molar refractivity (Wildman–Crippen MR) is 67.6 cm³/mol. The van der Waals surface area contributed by atoms with E-state index in [1.807, 2.05) is 0 Å². The molecule has 1 aromatic heterocycles. The summed E-state index contributed by atoms with van der Waals surface area (Å²) in [5, 5.41) is 2.95. The van der Waals surface area contributed by atoms with Crippen LogP contribution in [0.4, 0.5) is 5.69 Å². The summed E-state index contributed by atoms with van der Waals surface area (Å²) in [6.45, 7) is 1.13. The Bertz CT molecular complexity index is 440. The van der Waals surface area contributed by atoms with Gasteiger partial charge in [-0.25, -0.2) is 0 Å². The fraction of sp³-hybridized carbons (Fsp3) is 0.455. The van der Waals surface area contributed by atoms with Crippen LogP contribution < -0.4 is 5.32 Å². The van der Waals surface area contributed by atoms with E-state index < -0.39 is 10.8 Å². The van der Waals surface area contributed by atoms with Gasteiger partial charge >= 0.3 is 0 Å². The number of hydrogen-bond acceptors (Lipinski definition) is 4. The number of amides is 1. The molecule has 92 valence electrons. The first-order chi connectivity index (χ1) is 8.22. The molecular formula is C11H15N3O2S. The van der Waals surface area contributed by atoms with Crippen LogP contribution in [0, 0.1) is 0 Å². The van der Waals surface area contributed by atoms with Crippen molar-refractivity contribution in [3.63, 3.8) is 0 Å². The normalized spacial score (nSPS) is 16.9. The first kappa shape index (κ1) is 12.0. The summed E-state index contributed by atoms with van der Waals surface area (Å²) in [5.41, 5.74) is 1.35. The molecule has 1 amide bonds. The van der Waals surface area contributed by atoms with Gasteiger partial charge in [-0.15, -0.1) is 0 Å². The molecule has 0 saturated carbocycles. The molecule has 1 fully saturated rings. The number of carbonyl (C=O) groups is 1. The Labute approximate surface area is 103 Å². The quantitative estimate of drug-likeness (QED) is 0.825. The van der Waals surface area contributed by atoms with Gasteiger partial charge < -0.3 is 10.2 Å². The van der Waals surface area contributed by atoms with E-state index in [-0.39, 0.29) is 5.91 Å². The Kier molecular flexibility index (Phi) is 3.73. The first-order valence-corrected chi connectivity index (χ1v) is 6.97. The number of rotatable bonds is 2. The average Bonchev–Trinajstić information content (AvgIpc) is 2.39. The number of nitrogens with one attached hydrogen (secondary N) is 1. The minimum Gasteiger partial charge on any atom is -0.386 e. The number of carbonyl (C=O) groups excluding carboxylic acids is 1. The lowest BCUT2D eigenvalue weighted by molar-refractivity contribution is 0.0772. The van der Waals surface area contributed by atoms with E-state index in [1.165, 1.54) is 0 Å². The molecule has 1 saturated heterocycles. The monoisotopic (exact) mass is 253 g/mol. The van der Waals surface area contributed by atoms with Crippen LogP contribution in [0.5, 0.6) is 0 Å². The van der Waals surface area contributed by atoms with E-state index in [9.17, 15) is 9.00 Å². The van der Waals surface area contributed by atoms with Gasteiger partial charge in [0.1, 0.15) is 0 Å². The molecule has 0 aromatic carbocycles. The molecule has 5 nitrogen and oxygen atoms in total. The van der Waals surface area contributed by atoms with E-state index in [4.69, 9.17) is 0 Å². The maximum Gasteiger partial charge on any atom is 0.256 e. The molecule has 0 radical (unpaired) electrons. The van der Waals surface area contributed by atoms with E-state index in [2.05, 4.69) is 10.3 Å². The van der Waals surface area contributed by atoms with Gasteiger partial charge in [-0.05, 0) is 6.07 Å². The third-order valence-corrected chi connectivity index (χ3v) is 4.06. The molecule has 0 unspecified atom stereocenters. The number of pyridine rings is 1. The zero-order valence-corrected chi connectivity index (χ0v) is 10.5. The Morgan fingerprint density at radius 3 is 2.82 bits per heavy atom. The Balaban J connectivity index is 2.16. The molecule has 0 spiro atoms. The molecule has 0 atom stereocenters. The summed E-state index contributed by atoms with van der Waals surface area (Å²) >= 11 is 0. The third-order valence-electron chi connectivity index (χ3n) is 2.79. The van der Waals surface area contributed by atoms with Crippen LogP contribution in [0.15, 0.2) is 18.5 Å². The summed E-state index contributed by atoms with van der Waals surface area (Å²) in [6.07, 6.45) is 3.24. The van der Waals surface area contributed by atoms with Crippen LogP contribution >= 0.6 is 0 Å². The zero-order valence-electron chi connectivity index (χ0n) is 9.68. The van der Waals surface area contributed by atoms with E-state index in [1.54, 1.807) is 30.4 Å². The highest BCUT2D eigenvalue weighted by Gasteiger charge is 2.22. The molecule has 0 bridgehead atoms. The van der Waals surface area contributed by atoms with Gasteiger partial charge in [-0.3, -0.25) is 14.0 Å².